The predicted octanol–water partition coefficient (Wildman–Crippen LogP) is 1.03. The second-order valence-electron chi connectivity index (χ2n) is 5.97. The second-order valence-corrected chi connectivity index (χ2v) is 5.97. The van der Waals surface area contributed by atoms with E-state index in [1.807, 2.05) is 0 Å². The van der Waals surface area contributed by atoms with E-state index in [0.717, 1.165) is 0 Å². The molecule has 28 heavy (non-hydrogen) atoms. The van der Waals surface area contributed by atoms with Gasteiger partial charge in [-0.3, -0.25) is 19.7 Å². The predicted molar refractivity (Wildman–Crippen MR) is 102 cm³/mol. The Balaban J connectivity index is 1.61. The summed E-state index contributed by atoms with van der Waals surface area (Å²) in [5, 5.41) is 33.8. The number of carbonyl (C=O) groups excluding carboxylic acids is 1. The zero-order chi connectivity index (χ0) is 20.1. The number of aromatic nitrogens is 2. The molecular formula is C18H17N5O5. The minimum Gasteiger partial charge on any atom is -0.389 e. The lowest BCUT2D eigenvalue weighted by molar-refractivity contribution is -0.385. The normalized spacial score (nSPS) is 11.8. The van der Waals surface area contributed by atoms with E-state index in [1.54, 1.807) is 24.3 Å². The Morgan fingerprint density at radius 1 is 1.14 bits per heavy atom. The number of aliphatic hydroxyl groups is 1. The molecule has 0 bridgehead atoms. The van der Waals surface area contributed by atoms with Crippen molar-refractivity contribution in [2.75, 3.05) is 18.4 Å². The number of fused-ring (bicyclic) bond motifs is 1. The SMILES string of the molecule is O=C(NCC(O)CNc1n[nH]c(=O)c2ccccc12)c1ccccc1[N+](=O)[O-]. The fourth-order valence-corrected chi connectivity index (χ4v) is 2.67. The Kier molecular flexibility index (Phi) is 5.61. The molecule has 0 aliphatic carbocycles. The molecule has 0 saturated carbocycles. The number of hydrogen-bond acceptors (Lipinski definition) is 7. The molecule has 0 aliphatic rings. The number of aromatic amines is 1. The number of carbonyl (C=O) groups is 1. The first kappa shape index (κ1) is 19.0. The quantitative estimate of drug-likeness (QED) is 0.351. The summed E-state index contributed by atoms with van der Waals surface area (Å²) in [4.78, 5) is 34.3. The number of rotatable bonds is 7. The Morgan fingerprint density at radius 3 is 2.57 bits per heavy atom. The number of para-hydroxylation sites is 1. The molecule has 0 fully saturated rings. The number of hydrogen-bond donors (Lipinski definition) is 4. The van der Waals surface area contributed by atoms with Crippen LogP contribution in [0.3, 0.4) is 0 Å². The number of nitrogens with one attached hydrogen (secondary N) is 3. The largest absolute Gasteiger partial charge is 0.389 e. The molecule has 1 atom stereocenters. The molecule has 144 valence electrons. The second kappa shape index (κ2) is 8.27. The van der Waals surface area contributed by atoms with Gasteiger partial charge in [0.2, 0.25) is 0 Å². The summed E-state index contributed by atoms with van der Waals surface area (Å²) in [6.45, 7) is -0.0840. The maximum absolute atomic E-state index is 12.2. The van der Waals surface area contributed by atoms with Crippen LogP contribution in [-0.4, -0.2) is 45.3 Å². The van der Waals surface area contributed by atoms with E-state index < -0.39 is 16.9 Å². The highest BCUT2D eigenvalue weighted by atomic mass is 16.6. The van der Waals surface area contributed by atoms with Crippen LogP contribution < -0.4 is 16.2 Å². The van der Waals surface area contributed by atoms with Crippen molar-refractivity contribution in [3.05, 3.63) is 74.6 Å². The van der Waals surface area contributed by atoms with Crippen LogP contribution in [0.2, 0.25) is 0 Å². The van der Waals surface area contributed by atoms with Gasteiger partial charge in [0.1, 0.15) is 5.56 Å². The summed E-state index contributed by atoms with van der Waals surface area (Å²) in [6.07, 6.45) is -0.987. The van der Waals surface area contributed by atoms with E-state index in [4.69, 9.17) is 0 Å². The molecule has 3 aromatic rings. The number of H-pyrrole nitrogens is 1. The van der Waals surface area contributed by atoms with Crippen LogP contribution in [0, 0.1) is 10.1 Å². The van der Waals surface area contributed by atoms with Crippen molar-refractivity contribution in [2.45, 2.75) is 6.10 Å². The first-order valence-corrected chi connectivity index (χ1v) is 8.38. The monoisotopic (exact) mass is 383 g/mol. The molecule has 0 saturated heterocycles. The molecule has 1 unspecified atom stereocenters. The van der Waals surface area contributed by atoms with Crippen molar-refractivity contribution in [1.29, 1.82) is 0 Å². The standard InChI is InChI=1S/C18H17N5O5/c24-11(10-20-17(25)14-7-3-4-8-15(14)23(27)28)9-19-16-12-5-1-2-6-13(12)18(26)22-21-16/h1-8,11,24H,9-10H2,(H,19,21)(H,20,25)(H,22,26). The zero-order valence-electron chi connectivity index (χ0n) is 14.6. The van der Waals surface area contributed by atoms with Gasteiger partial charge in [-0.1, -0.05) is 30.3 Å². The Hall–Kier alpha value is -3.79. The van der Waals surface area contributed by atoms with Crippen molar-refractivity contribution in [3.8, 4) is 0 Å². The minimum atomic E-state index is -0.987. The first-order valence-electron chi connectivity index (χ1n) is 8.38. The van der Waals surface area contributed by atoms with E-state index in [2.05, 4.69) is 20.8 Å². The summed E-state index contributed by atoms with van der Waals surface area (Å²) in [5.41, 5.74) is -0.712. The number of nitro groups is 1. The van der Waals surface area contributed by atoms with E-state index in [9.17, 15) is 24.8 Å². The van der Waals surface area contributed by atoms with Crippen molar-refractivity contribution in [1.82, 2.24) is 15.5 Å². The summed E-state index contributed by atoms with van der Waals surface area (Å²) in [5.74, 6) is -0.266. The minimum absolute atomic E-state index is 0.0419. The number of nitro benzene ring substituents is 1. The van der Waals surface area contributed by atoms with Gasteiger partial charge in [0, 0.05) is 24.5 Å². The molecule has 0 radical (unpaired) electrons. The Labute approximate surface area is 158 Å². The fourth-order valence-electron chi connectivity index (χ4n) is 2.67. The van der Waals surface area contributed by atoms with Crippen LogP contribution in [0.4, 0.5) is 11.5 Å². The number of aliphatic hydroxyl groups excluding tert-OH is 1. The van der Waals surface area contributed by atoms with Gasteiger partial charge in [0.15, 0.2) is 5.82 Å². The lowest BCUT2D eigenvalue weighted by Gasteiger charge is -2.14. The molecule has 3 rings (SSSR count). The van der Waals surface area contributed by atoms with Crippen LogP contribution in [0.15, 0.2) is 53.3 Å². The molecule has 4 N–H and O–H groups in total. The molecule has 10 heteroatoms. The van der Waals surface area contributed by atoms with Gasteiger partial charge in [-0.15, -0.1) is 0 Å². The van der Waals surface area contributed by atoms with Gasteiger partial charge in [0.25, 0.3) is 17.2 Å². The molecule has 0 spiro atoms. The molecule has 0 aliphatic heterocycles. The third-order valence-corrected chi connectivity index (χ3v) is 4.04. The molecule has 1 amide bonds. The highest BCUT2D eigenvalue weighted by molar-refractivity contribution is 5.98. The third-order valence-electron chi connectivity index (χ3n) is 4.04. The highest BCUT2D eigenvalue weighted by Crippen LogP contribution is 2.18. The summed E-state index contributed by atoms with van der Waals surface area (Å²) >= 11 is 0. The molecule has 1 heterocycles. The van der Waals surface area contributed by atoms with E-state index in [-0.39, 0.29) is 29.9 Å². The van der Waals surface area contributed by atoms with Gasteiger partial charge >= 0.3 is 0 Å². The fraction of sp³-hybridized carbons (Fsp3) is 0.167. The van der Waals surface area contributed by atoms with Gasteiger partial charge in [0.05, 0.1) is 16.4 Å². The summed E-state index contributed by atoms with van der Waals surface area (Å²) in [7, 11) is 0. The van der Waals surface area contributed by atoms with E-state index in [1.165, 1.54) is 24.3 Å². The molecule has 10 nitrogen and oxygen atoms in total. The van der Waals surface area contributed by atoms with Crippen LogP contribution >= 0.6 is 0 Å². The maximum Gasteiger partial charge on any atom is 0.282 e. The van der Waals surface area contributed by atoms with Crippen LogP contribution in [-0.2, 0) is 0 Å². The smallest absolute Gasteiger partial charge is 0.282 e. The van der Waals surface area contributed by atoms with Gasteiger partial charge in [-0.05, 0) is 12.1 Å². The van der Waals surface area contributed by atoms with Crippen LogP contribution in [0.25, 0.3) is 10.8 Å². The summed E-state index contributed by atoms with van der Waals surface area (Å²) in [6, 6.07) is 12.4. The van der Waals surface area contributed by atoms with Gasteiger partial charge in [-0.25, -0.2) is 5.10 Å². The number of amides is 1. The number of benzene rings is 2. The topological polar surface area (TPSA) is 150 Å². The lowest BCUT2D eigenvalue weighted by atomic mass is 10.1. The number of nitrogens with zero attached hydrogens (tertiary/aromatic N) is 2. The van der Waals surface area contributed by atoms with Crippen molar-refractivity contribution < 1.29 is 14.8 Å². The number of anilines is 1. The highest BCUT2D eigenvalue weighted by Gasteiger charge is 2.19. The van der Waals surface area contributed by atoms with Crippen LogP contribution in [0.5, 0.6) is 0 Å². The molecule has 2 aromatic carbocycles. The van der Waals surface area contributed by atoms with E-state index >= 15 is 0 Å². The van der Waals surface area contributed by atoms with Gasteiger partial charge < -0.3 is 15.7 Å². The first-order chi connectivity index (χ1) is 13.5. The third kappa shape index (κ3) is 4.13. The average Bonchev–Trinajstić information content (AvgIpc) is 2.71. The lowest BCUT2D eigenvalue weighted by Crippen LogP contribution is -2.36. The van der Waals surface area contributed by atoms with Crippen molar-refractivity contribution in [2.24, 2.45) is 0 Å². The molecular weight excluding hydrogens is 366 g/mol. The summed E-state index contributed by atoms with van der Waals surface area (Å²) < 4.78 is 0. The van der Waals surface area contributed by atoms with E-state index in [0.29, 0.717) is 16.6 Å². The average molecular weight is 383 g/mol. The zero-order valence-corrected chi connectivity index (χ0v) is 14.6. The Morgan fingerprint density at radius 2 is 1.82 bits per heavy atom. The van der Waals surface area contributed by atoms with Crippen molar-refractivity contribution >= 4 is 28.2 Å². The Bertz CT molecular complexity index is 1080. The van der Waals surface area contributed by atoms with Crippen molar-refractivity contribution in [3.63, 3.8) is 0 Å². The van der Waals surface area contributed by atoms with Gasteiger partial charge in [-0.2, -0.15) is 5.10 Å². The van der Waals surface area contributed by atoms with Crippen LogP contribution in [0.1, 0.15) is 10.4 Å². The molecule has 1 aromatic heterocycles. The maximum atomic E-state index is 12.2.